The molecule has 0 aliphatic heterocycles. The van der Waals surface area contributed by atoms with Crippen molar-refractivity contribution < 1.29 is 24.2 Å². The average Bonchev–Trinajstić information content (AvgIpc) is 3.16. The molecule has 0 saturated heterocycles. The largest absolute Gasteiger partial charge is 0.493 e. The summed E-state index contributed by atoms with van der Waals surface area (Å²) < 4.78 is 13.5. The molecule has 162 valence electrons. The second-order valence-electron chi connectivity index (χ2n) is 6.98. The van der Waals surface area contributed by atoms with Crippen LogP contribution in [0.25, 0.3) is 23.7 Å². The number of benzene rings is 1. The van der Waals surface area contributed by atoms with Crippen LogP contribution in [0.1, 0.15) is 35.3 Å². The molecule has 0 spiro atoms. The summed E-state index contributed by atoms with van der Waals surface area (Å²) in [5, 5.41) is 30.6. The number of aryl methyl sites for hydroxylation is 1. The van der Waals surface area contributed by atoms with Crippen LogP contribution in [0.5, 0.6) is 5.88 Å². The molecule has 3 rings (SSSR count). The molecule has 3 aromatic rings. The smallest absolute Gasteiger partial charge is 0.303 e. The van der Waals surface area contributed by atoms with Gasteiger partial charge >= 0.3 is 5.97 Å². The van der Waals surface area contributed by atoms with E-state index < -0.39 is 11.8 Å². The first kappa shape index (κ1) is 21.8. The molecule has 0 radical (unpaired) electrons. The second-order valence-corrected chi connectivity index (χ2v) is 6.98. The fourth-order valence-corrected chi connectivity index (χ4v) is 3.19. The van der Waals surface area contributed by atoms with Crippen molar-refractivity contribution in [2.75, 3.05) is 6.54 Å². The Morgan fingerprint density at radius 2 is 2.06 bits per heavy atom. The monoisotopic (exact) mass is 427 g/mol. The lowest BCUT2D eigenvalue weighted by atomic mass is 10.2. The van der Waals surface area contributed by atoms with Crippen molar-refractivity contribution in [3.8, 4) is 5.88 Å². The fourth-order valence-electron chi connectivity index (χ4n) is 3.19. The molecule has 0 saturated carbocycles. The van der Waals surface area contributed by atoms with Gasteiger partial charge in [0.1, 0.15) is 5.82 Å². The Morgan fingerprint density at radius 1 is 1.29 bits per heavy atom. The van der Waals surface area contributed by atoms with Crippen molar-refractivity contribution in [3.63, 3.8) is 0 Å². The van der Waals surface area contributed by atoms with Crippen LogP contribution in [0.3, 0.4) is 0 Å². The molecule has 2 aromatic heterocycles. The molecule has 0 unspecified atom stereocenters. The van der Waals surface area contributed by atoms with Crippen LogP contribution in [0, 0.1) is 12.7 Å². The predicted octanol–water partition coefficient (Wildman–Crippen LogP) is 2.57. The molecule has 1 amide bonds. The molecular formula is C21H22FN5O4. The zero-order chi connectivity index (χ0) is 22.5. The number of carboxylic acid groups (broad SMARTS) is 1. The standard InChI is InChI=1S/C21H22FN5O4/c1-11-16(25-12(2)18(11)20(30)23-8-4-3-5-17(28)29)10-24-27-19-14-9-13(22)6-7-15(14)26-21(19)31/h6-7,9-10,25-26,31H,1,3-5,8H2,2H3,(H,23,30)(H,28,29). The third kappa shape index (κ3) is 4.97. The number of amides is 1. The summed E-state index contributed by atoms with van der Waals surface area (Å²) in [6.07, 6.45) is 2.44. The minimum Gasteiger partial charge on any atom is -0.493 e. The normalized spacial score (nSPS) is 12.1. The minimum absolute atomic E-state index is 0.0579. The highest BCUT2D eigenvalue weighted by Crippen LogP contribution is 2.35. The van der Waals surface area contributed by atoms with Crippen molar-refractivity contribution in [3.05, 3.63) is 45.8 Å². The van der Waals surface area contributed by atoms with Gasteiger partial charge in [-0.1, -0.05) is 6.58 Å². The van der Waals surface area contributed by atoms with Crippen LogP contribution >= 0.6 is 0 Å². The van der Waals surface area contributed by atoms with Crippen LogP contribution in [0.15, 0.2) is 28.4 Å². The zero-order valence-electron chi connectivity index (χ0n) is 16.8. The van der Waals surface area contributed by atoms with E-state index in [9.17, 15) is 19.1 Å². The number of hydrogen-bond acceptors (Lipinski definition) is 5. The molecule has 0 aliphatic rings. The number of azo groups is 1. The second kappa shape index (κ2) is 9.24. The first-order valence-corrected chi connectivity index (χ1v) is 9.56. The van der Waals surface area contributed by atoms with Gasteiger partial charge in [0.05, 0.1) is 22.6 Å². The molecule has 9 nitrogen and oxygen atoms in total. The number of nitrogens with zero attached hydrogens (tertiary/aromatic N) is 2. The van der Waals surface area contributed by atoms with E-state index in [1.807, 2.05) is 0 Å². The predicted molar refractivity (Wildman–Crippen MR) is 113 cm³/mol. The van der Waals surface area contributed by atoms with Gasteiger partial charge in [0.2, 0.25) is 5.88 Å². The van der Waals surface area contributed by atoms with Crippen LogP contribution in [-0.4, -0.2) is 38.6 Å². The Bertz CT molecular complexity index is 1280. The molecule has 0 fully saturated rings. The van der Waals surface area contributed by atoms with E-state index in [1.165, 1.54) is 24.4 Å². The summed E-state index contributed by atoms with van der Waals surface area (Å²) in [5.41, 5.74) is 1.57. The SMILES string of the molecule is C=c1c(C(=O)NCCCCC(=O)O)c(C)[nH]c1=CN=Nc1c(O)[nH]c2ccc(F)cc12. The van der Waals surface area contributed by atoms with Crippen molar-refractivity contribution in [2.45, 2.75) is 26.2 Å². The van der Waals surface area contributed by atoms with Gasteiger partial charge in [-0.05, 0) is 38.0 Å². The van der Waals surface area contributed by atoms with Crippen LogP contribution < -0.4 is 15.9 Å². The number of fused-ring (bicyclic) bond motifs is 1. The highest BCUT2D eigenvalue weighted by Gasteiger charge is 2.13. The lowest BCUT2D eigenvalue weighted by molar-refractivity contribution is -0.137. The van der Waals surface area contributed by atoms with Gasteiger partial charge in [-0.25, -0.2) is 4.39 Å². The molecule has 10 heteroatoms. The molecule has 2 heterocycles. The van der Waals surface area contributed by atoms with Gasteiger partial charge in [0, 0.05) is 29.3 Å². The first-order valence-electron chi connectivity index (χ1n) is 9.56. The van der Waals surface area contributed by atoms with Gasteiger partial charge in [-0.2, -0.15) is 5.11 Å². The summed E-state index contributed by atoms with van der Waals surface area (Å²) in [5.74, 6) is -1.90. The Kier molecular flexibility index (Phi) is 6.49. The van der Waals surface area contributed by atoms with E-state index in [1.54, 1.807) is 6.92 Å². The van der Waals surface area contributed by atoms with E-state index in [0.717, 1.165) is 0 Å². The van der Waals surface area contributed by atoms with Crippen LogP contribution in [0.4, 0.5) is 10.1 Å². The van der Waals surface area contributed by atoms with E-state index in [2.05, 4.69) is 32.1 Å². The number of H-pyrrole nitrogens is 2. The van der Waals surface area contributed by atoms with Gasteiger partial charge in [0.25, 0.3) is 5.91 Å². The Balaban J connectivity index is 1.77. The number of nitrogens with one attached hydrogen (secondary N) is 3. The third-order valence-electron chi connectivity index (χ3n) is 4.71. The summed E-state index contributed by atoms with van der Waals surface area (Å²) >= 11 is 0. The maximum absolute atomic E-state index is 13.5. The number of aliphatic carboxylic acids is 1. The molecule has 0 atom stereocenters. The number of unbranched alkanes of at least 4 members (excludes halogenated alkanes) is 1. The summed E-state index contributed by atoms with van der Waals surface area (Å²) in [6, 6.07) is 3.99. The number of aromatic amines is 2. The average molecular weight is 427 g/mol. The maximum Gasteiger partial charge on any atom is 0.303 e. The summed E-state index contributed by atoms with van der Waals surface area (Å²) in [7, 11) is 0. The quantitative estimate of drug-likeness (QED) is 0.278. The van der Waals surface area contributed by atoms with Gasteiger partial charge in [-0.3, -0.25) is 9.59 Å². The maximum atomic E-state index is 13.5. The minimum atomic E-state index is -0.867. The molecule has 31 heavy (non-hydrogen) atoms. The summed E-state index contributed by atoms with van der Waals surface area (Å²) in [6.45, 7) is 5.99. The number of carboxylic acids is 1. The molecule has 0 bridgehead atoms. The van der Waals surface area contributed by atoms with Crippen molar-refractivity contribution in [2.24, 2.45) is 10.2 Å². The zero-order valence-corrected chi connectivity index (χ0v) is 16.8. The van der Waals surface area contributed by atoms with Crippen LogP contribution in [0.2, 0.25) is 0 Å². The van der Waals surface area contributed by atoms with Gasteiger partial charge in [-0.15, -0.1) is 5.11 Å². The van der Waals surface area contributed by atoms with Gasteiger partial charge < -0.3 is 25.5 Å². The van der Waals surface area contributed by atoms with E-state index >= 15 is 0 Å². The molecule has 0 aliphatic carbocycles. The molecular weight excluding hydrogens is 405 g/mol. The first-order chi connectivity index (χ1) is 14.8. The van der Waals surface area contributed by atoms with E-state index in [-0.39, 0.29) is 23.9 Å². The van der Waals surface area contributed by atoms with Crippen LogP contribution in [-0.2, 0) is 4.79 Å². The van der Waals surface area contributed by atoms with Gasteiger partial charge in [0.15, 0.2) is 5.69 Å². The number of aromatic hydroxyl groups is 1. The fraction of sp³-hybridized carbons (Fsp3) is 0.238. The van der Waals surface area contributed by atoms with Crippen molar-refractivity contribution >= 4 is 41.2 Å². The number of carbonyl (C=O) groups is 2. The number of carbonyl (C=O) groups excluding carboxylic acids is 1. The highest BCUT2D eigenvalue weighted by atomic mass is 19.1. The summed E-state index contributed by atoms with van der Waals surface area (Å²) in [4.78, 5) is 28.7. The Morgan fingerprint density at radius 3 is 2.81 bits per heavy atom. The molecule has 1 aromatic carbocycles. The number of hydrogen-bond donors (Lipinski definition) is 5. The van der Waals surface area contributed by atoms with E-state index in [0.29, 0.717) is 52.1 Å². The molecule has 5 N–H and O–H groups in total. The lowest BCUT2D eigenvalue weighted by Gasteiger charge is -2.04. The topological polar surface area (TPSA) is 143 Å². The van der Waals surface area contributed by atoms with Crippen molar-refractivity contribution in [1.82, 2.24) is 15.3 Å². The number of halogens is 1. The van der Waals surface area contributed by atoms with Crippen molar-refractivity contribution in [1.29, 1.82) is 0 Å². The number of rotatable bonds is 8. The lowest BCUT2D eigenvalue weighted by Crippen LogP contribution is -2.32. The number of aromatic nitrogens is 2. The van der Waals surface area contributed by atoms with E-state index in [4.69, 9.17) is 5.11 Å². The third-order valence-corrected chi connectivity index (χ3v) is 4.71. The Hall–Kier alpha value is -3.95. The Labute approximate surface area is 176 Å². The highest BCUT2D eigenvalue weighted by molar-refractivity contribution is 5.95.